The Labute approximate surface area is 127 Å². The Hall–Kier alpha value is -3.08. The molecule has 0 saturated carbocycles. The second kappa shape index (κ2) is 5.73. The number of carbonyl (C=O) groups is 2. The lowest BCUT2D eigenvalue weighted by molar-refractivity contribution is -0.113. The lowest BCUT2D eigenvalue weighted by atomic mass is 10.2. The highest BCUT2D eigenvalue weighted by molar-refractivity contribution is 6.28. The summed E-state index contributed by atoms with van der Waals surface area (Å²) in [4.78, 5) is 25.5. The van der Waals surface area contributed by atoms with Gasteiger partial charge in [-0.2, -0.15) is 0 Å². The van der Waals surface area contributed by atoms with Crippen LogP contribution in [0.15, 0.2) is 60.3 Å². The van der Waals surface area contributed by atoms with E-state index in [-0.39, 0.29) is 11.6 Å². The first kappa shape index (κ1) is 13.9. The summed E-state index contributed by atoms with van der Waals surface area (Å²) < 4.78 is 5.09. The van der Waals surface area contributed by atoms with Gasteiger partial charge in [0.15, 0.2) is 0 Å². The molecule has 2 aromatic carbocycles. The topological polar surface area (TPSA) is 58.6 Å². The summed E-state index contributed by atoms with van der Waals surface area (Å²) in [6.07, 6.45) is 1.64. The summed E-state index contributed by atoms with van der Waals surface area (Å²) in [7, 11) is 1.59. The van der Waals surface area contributed by atoms with E-state index < -0.39 is 6.03 Å². The molecular formula is C17H14N2O3. The molecule has 0 spiro atoms. The summed E-state index contributed by atoms with van der Waals surface area (Å²) in [6.45, 7) is 0. The van der Waals surface area contributed by atoms with Gasteiger partial charge < -0.3 is 10.1 Å². The number of hydrogen-bond acceptors (Lipinski definition) is 3. The third-order valence-electron chi connectivity index (χ3n) is 3.32. The molecule has 5 nitrogen and oxygen atoms in total. The van der Waals surface area contributed by atoms with Gasteiger partial charge in [-0.05, 0) is 35.9 Å². The number of amides is 3. The molecule has 22 heavy (non-hydrogen) atoms. The van der Waals surface area contributed by atoms with Crippen LogP contribution in [0.2, 0.25) is 0 Å². The number of imide groups is 1. The Balaban J connectivity index is 1.88. The van der Waals surface area contributed by atoms with Gasteiger partial charge in [-0.25, -0.2) is 9.69 Å². The molecule has 0 aromatic heterocycles. The van der Waals surface area contributed by atoms with Gasteiger partial charge in [0.05, 0.1) is 12.8 Å². The lowest BCUT2D eigenvalue weighted by Gasteiger charge is -2.10. The number of nitrogens with one attached hydrogen (secondary N) is 1. The van der Waals surface area contributed by atoms with Crippen molar-refractivity contribution in [3.05, 3.63) is 65.9 Å². The zero-order valence-electron chi connectivity index (χ0n) is 11.9. The molecule has 3 rings (SSSR count). The highest BCUT2D eigenvalue weighted by atomic mass is 16.5. The summed E-state index contributed by atoms with van der Waals surface area (Å²) in [5.41, 5.74) is 1.60. The molecule has 1 aliphatic rings. The summed E-state index contributed by atoms with van der Waals surface area (Å²) in [6, 6.07) is 15.6. The summed E-state index contributed by atoms with van der Waals surface area (Å²) >= 11 is 0. The predicted octanol–water partition coefficient (Wildman–Crippen LogP) is 2.79. The molecule has 1 fully saturated rings. The number of methoxy groups -OCH3 is 1. The van der Waals surface area contributed by atoms with Crippen molar-refractivity contribution >= 4 is 23.7 Å². The molecular weight excluding hydrogens is 280 g/mol. The lowest BCUT2D eigenvalue weighted by Crippen LogP contribution is -2.30. The van der Waals surface area contributed by atoms with E-state index in [1.54, 1.807) is 49.6 Å². The van der Waals surface area contributed by atoms with Gasteiger partial charge in [0.2, 0.25) is 0 Å². The maximum absolute atomic E-state index is 12.4. The van der Waals surface area contributed by atoms with Crippen LogP contribution in [0, 0.1) is 0 Å². The van der Waals surface area contributed by atoms with Gasteiger partial charge in [-0.1, -0.05) is 30.3 Å². The Morgan fingerprint density at radius 2 is 1.68 bits per heavy atom. The number of hydrogen-bond donors (Lipinski definition) is 1. The molecule has 1 N–H and O–H groups in total. The molecule has 0 bridgehead atoms. The monoisotopic (exact) mass is 294 g/mol. The van der Waals surface area contributed by atoms with Crippen LogP contribution < -0.4 is 15.0 Å². The zero-order chi connectivity index (χ0) is 15.5. The van der Waals surface area contributed by atoms with Crippen LogP contribution in [0.4, 0.5) is 10.5 Å². The van der Waals surface area contributed by atoms with Gasteiger partial charge >= 0.3 is 6.03 Å². The van der Waals surface area contributed by atoms with Crippen LogP contribution in [0.25, 0.3) is 6.08 Å². The van der Waals surface area contributed by atoms with Crippen molar-refractivity contribution in [3.8, 4) is 5.75 Å². The highest BCUT2D eigenvalue weighted by Crippen LogP contribution is 2.22. The number of urea groups is 1. The minimum atomic E-state index is -0.448. The van der Waals surface area contributed by atoms with Crippen molar-refractivity contribution in [3.63, 3.8) is 0 Å². The molecule has 5 heteroatoms. The van der Waals surface area contributed by atoms with Crippen molar-refractivity contribution < 1.29 is 14.3 Å². The number of rotatable bonds is 3. The Kier molecular flexibility index (Phi) is 3.62. The molecule has 0 radical (unpaired) electrons. The number of anilines is 1. The standard InChI is InChI=1S/C17H14N2O3/c1-22-14-9-7-12(8-10-14)11-15-16(20)19(17(21)18-15)13-5-3-2-4-6-13/h2-11H,1H3,(H,18,21). The van der Waals surface area contributed by atoms with Crippen LogP contribution in [0.1, 0.15) is 5.56 Å². The third-order valence-corrected chi connectivity index (χ3v) is 3.32. The quantitative estimate of drug-likeness (QED) is 0.699. The SMILES string of the molecule is COc1ccc(C=C2NC(=O)N(c3ccccc3)C2=O)cc1. The van der Waals surface area contributed by atoms with Gasteiger partial charge in [-0.3, -0.25) is 4.79 Å². The first-order valence-corrected chi connectivity index (χ1v) is 6.75. The fourth-order valence-corrected chi connectivity index (χ4v) is 2.21. The summed E-state index contributed by atoms with van der Waals surface area (Å²) in [5, 5.41) is 2.60. The number of ether oxygens (including phenoxy) is 1. The number of carbonyl (C=O) groups excluding carboxylic acids is 2. The Morgan fingerprint density at radius 1 is 1.00 bits per heavy atom. The van der Waals surface area contributed by atoms with Crippen molar-refractivity contribution in [2.24, 2.45) is 0 Å². The van der Waals surface area contributed by atoms with E-state index in [1.165, 1.54) is 0 Å². The van der Waals surface area contributed by atoms with Crippen LogP contribution in [-0.4, -0.2) is 19.0 Å². The normalized spacial score (nSPS) is 16.0. The van der Waals surface area contributed by atoms with Gasteiger partial charge in [0, 0.05) is 0 Å². The van der Waals surface area contributed by atoms with E-state index in [9.17, 15) is 9.59 Å². The molecule has 0 atom stereocenters. The fraction of sp³-hybridized carbons (Fsp3) is 0.0588. The second-order valence-corrected chi connectivity index (χ2v) is 4.74. The average Bonchev–Trinajstić information content (AvgIpc) is 2.83. The van der Waals surface area contributed by atoms with Gasteiger partial charge in [0.1, 0.15) is 11.4 Å². The van der Waals surface area contributed by atoms with Crippen LogP contribution in [-0.2, 0) is 4.79 Å². The van der Waals surface area contributed by atoms with Gasteiger partial charge in [0.25, 0.3) is 5.91 Å². The largest absolute Gasteiger partial charge is 0.497 e. The van der Waals surface area contributed by atoms with Crippen molar-refractivity contribution in [2.45, 2.75) is 0 Å². The second-order valence-electron chi connectivity index (χ2n) is 4.74. The first-order chi connectivity index (χ1) is 10.7. The zero-order valence-corrected chi connectivity index (χ0v) is 11.9. The number of para-hydroxylation sites is 1. The molecule has 1 aliphatic heterocycles. The Morgan fingerprint density at radius 3 is 2.32 bits per heavy atom. The maximum atomic E-state index is 12.4. The highest BCUT2D eigenvalue weighted by Gasteiger charge is 2.34. The van der Waals surface area contributed by atoms with Crippen LogP contribution >= 0.6 is 0 Å². The molecule has 2 aromatic rings. The van der Waals surface area contributed by atoms with E-state index in [1.807, 2.05) is 18.2 Å². The minimum Gasteiger partial charge on any atom is -0.497 e. The fourth-order valence-electron chi connectivity index (χ4n) is 2.21. The maximum Gasteiger partial charge on any atom is 0.333 e. The molecule has 1 heterocycles. The predicted molar refractivity (Wildman–Crippen MR) is 83.4 cm³/mol. The molecule has 3 amide bonds. The van der Waals surface area contributed by atoms with Gasteiger partial charge in [-0.15, -0.1) is 0 Å². The summed E-state index contributed by atoms with van der Waals surface area (Å²) in [5.74, 6) is 0.363. The number of benzene rings is 2. The van der Waals surface area contributed by atoms with Crippen molar-refractivity contribution in [1.82, 2.24) is 5.32 Å². The molecule has 0 aliphatic carbocycles. The third kappa shape index (κ3) is 2.56. The van der Waals surface area contributed by atoms with E-state index in [4.69, 9.17) is 4.74 Å². The van der Waals surface area contributed by atoms with Crippen LogP contribution in [0.5, 0.6) is 5.75 Å². The van der Waals surface area contributed by atoms with E-state index in [2.05, 4.69) is 5.32 Å². The van der Waals surface area contributed by atoms with E-state index in [0.29, 0.717) is 5.69 Å². The molecule has 0 unspecified atom stereocenters. The average molecular weight is 294 g/mol. The molecule has 110 valence electrons. The molecule has 1 saturated heterocycles. The van der Waals surface area contributed by atoms with E-state index in [0.717, 1.165) is 16.2 Å². The number of nitrogens with zero attached hydrogens (tertiary/aromatic N) is 1. The minimum absolute atomic E-state index is 0.249. The Bertz CT molecular complexity index is 736. The van der Waals surface area contributed by atoms with Crippen LogP contribution in [0.3, 0.4) is 0 Å². The first-order valence-electron chi connectivity index (χ1n) is 6.75. The van der Waals surface area contributed by atoms with E-state index >= 15 is 0 Å². The smallest absolute Gasteiger partial charge is 0.333 e. The van der Waals surface area contributed by atoms with Crippen molar-refractivity contribution in [2.75, 3.05) is 12.0 Å². The van der Waals surface area contributed by atoms with Crippen molar-refractivity contribution in [1.29, 1.82) is 0 Å².